The summed E-state index contributed by atoms with van der Waals surface area (Å²) in [4.78, 5) is 12.2. The van der Waals surface area contributed by atoms with Gasteiger partial charge >= 0.3 is 0 Å². The van der Waals surface area contributed by atoms with Gasteiger partial charge in [-0.05, 0) is 17.8 Å². The summed E-state index contributed by atoms with van der Waals surface area (Å²) in [5.41, 5.74) is 5.53. The second-order valence-electron chi connectivity index (χ2n) is 2.16. The Labute approximate surface area is 83.3 Å². The van der Waals surface area contributed by atoms with Crippen LogP contribution in [0.1, 0.15) is 0 Å². The lowest BCUT2D eigenvalue weighted by Crippen LogP contribution is -1.81. The molecule has 2 aromatic rings. The molecule has 4 nitrogen and oxygen atoms in total. The molecule has 0 aliphatic rings. The first-order valence-electron chi connectivity index (χ1n) is 3.51. The fourth-order valence-corrected chi connectivity index (χ4v) is 2.31. The van der Waals surface area contributed by atoms with Gasteiger partial charge in [-0.25, -0.2) is 15.0 Å². The molecule has 2 rings (SSSR count). The maximum Gasteiger partial charge on any atom is 0.194 e. The van der Waals surface area contributed by atoms with Crippen LogP contribution in [0.5, 0.6) is 0 Å². The van der Waals surface area contributed by atoms with Gasteiger partial charge in [0.15, 0.2) is 9.50 Å². The molecule has 0 unspecified atom stereocenters. The van der Waals surface area contributed by atoms with E-state index in [4.69, 9.17) is 5.73 Å². The van der Waals surface area contributed by atoms with E-state index in [0.29, 0.717) is 10.2 Å². The summed E-state index contributed by atoms with van der Waals surface area (Å²) in [7, 11) is 0. The van der Waals surface area contributed by atoms with Crippen LogP contribution in [-0.2, 0) is 0 Å². The van der Waals surface area contributed by atoms with E-state index in [0.717, 1.165) is 4.34 Å². The van der Waals surface area contributed by atoms with Crippen LogP contribution >= 0.6 is 23.1 Å². The van der Waals surface area contributed by atoms with Gasteiger partial charge in [0.2, 0.25) is 0 Å². The third kappa shape index (κ3) is 2.16. The van der Waals surface area contributed by atoms with E-state index in [2.05, 4.69) is 15.0 Å². The fourth-order valence-electron chi connectivity index (χ4n) is 0.733. The predicted octanol–water partition coefficient (Wildman–Crippen LogP) is 1.67. The number of thiazole rings is 1. The van der Waals surface area contributed by atoms with Crippen LogP contribution in [0.4, 0.5) is 5.00 Å². The topological polar surface area (TPSA) is 64.7 Å². The van der Waals surface area contributed by atoms with Gasteiger partial charge in [0.25, 0.3) is 0 Å². The number of nitrogen functional groups attached to an aromatic ring is 1. The molecule has 0 saturated heterocycles. The largest absolute Gasteiger partial charge is 0.389 e. The first-order valence-corrected chi connectivity index (χ1v) is 5.14. The second-order valence-corrected chi connectivity index (χ2v) is 4.44. The molecule has 13 heavy (non-hydrogen) atoms. The average molecular weight is 210 g/mol. The lowest BCUT2D eigenvalue weighted by Gasteiger charge is -1.92. The number of rotatable bonds is 2. The molecule has 0 radical (unpaired) electrons. The summed E-state index contributed by atoms with van der Waals surface area (Å²) >= 11 is 2.85. The highest BCUT2D eigenvalue weighted by Crippen LogP contribution is 2.29. The normalized spacial score (nSPS) is 10.2. The molecule has 2 aromatic heterocycles. The van der Waals surface area contributed by atoms with Crippen LogP contribution in [0.3, 0.4) is 0 Å². The fraction of sp³-hybridized carbons (Fsp3) is 0. The van der Waals surface area contributed by atoms with Crippen LogP contribution in [0.15, 0.2) is 34.2 Å². The quantitative estimate of drug-likeness (QED) is 0.764. The van der Waals surface area contributed by atoms with Crippen molar-refractivity contribution in [2.45, 2.75) is 9.50 Å². The molecule has 2 heterocycles. The van der Waals surface area contributed by atoms with Crippen molar-refractivity contribution in [1.82, 2.24) is 15.0 Å². The SMILES string of the molecule is Nc1cnc(Sc2ncccn2)s1. The molecule has 0 fully saturated rings. The standard InChI is InChI=1S/C7H6N4S2/c8-5-4-11-7(12-5)13-6-9-2-1-3-10-6/h1-4H,8H2. The van der Waals surface area contributed by atoms with E-state index in [1.165, 1.54) is 23.1 Å². The van der Waals surface area contributed by atoms with Crippen molar-refractivity contribution in [1.29, 1.82) is 0 Å². The van der Waals surface area contributed by atoms with Crippen molar-refractivity contribution >= 4 is 28.1 Å². The maximum atomic E-state index is 5.53. The first kappa shape index (κ1) is 8.46. The summed E-state index contributed by atoms with van der Waals surface area (Å²) in [6.07, 6.45) is 5.04. The molecule has 0 aromatic carbocycles. The van der Waals surface area contributed by atoms with E-state index in [9.17, 15) is 0 Å². The number of aromatic nitrogens is 3. The van der Waals surface area contributed by atoms with Gasteiger partial charge in [0.05, 0.1) is 6.20 Å². The van der Waals surface area contributed by atoms with Gasteiger partial charge < -0.3 is 5.73 Å². The van der Waals surface area contributed by atoms with Crippen molar-refractivity contribution in [2.75, 3.05) is 5.73 Å². The molecule has 0 amide bonds. The van der Waals surface area contributed by atoms with Gasteiger partial charge in [-0.3, -0.25) is 0 Å². The van der Waals surface area contributed by atoms with Gasteiger partial charge in [-0.2, -0.15) is 0 Å². The molecule has 66 valence electrons. The molecule has 6 heteroatoms. The van der Waals surface area contributed by atoms with Gasteiger partial charge in [0.1, 0.15) is 5.00 Å². The Morgan fingerprint density at radius 3 is 2.62 bits per heavy atom. The number of hydrogen-bond donors (Lipinski definition) is 1. The number of nitrogens with zero attached hydrogens (tertiary/aromatic N) is 3. The van der Waals surface area contributed by atoms with Crippen LogP contribution < -0.4 is 5.73 Å². The zero-order valence-corrected chi connectivity index (χ0v) is 8.18. The molecule has 0 atom stereocenters. The van der Waals surface area contributed by atoms with Crippen molar-refractivity contribution in [3.8, 4) is 0 Å². The molecule has 0 aliphatic carbocycles. The monoisotopic (exact) mass is 210 g/mol. The second kappa shape index (κ2) is 3.71. The van der Waals surface area contributed by atoms with Gasteiger partial charge in [-0.15, -0.1) is 0 Å². The molecular formula is C7H6N4S2. The van der Waals surface area contributed by atoms with E-state index in [1.54, 1.807) is 24.7 Å². The molecule has 0 saturated carbocycles. The minimum atomic E-state index is 0.692. The predicted molar refractivity (Wildman–Crippen MR) is 52.7 cm³/mol. The summed E-state index contributed by atoms with van der Waals surface area (Å²) in [5, 5.41) is 1.40. The average Bonchev–Trinajstić information content (AvgIpc) is 2.53. The Morgan fingerprint density at radius 2 is 2.00 bits per heavy atom. The zero-order chi connectivity index (χ0) is 9.10. The number of nitrogens with two attached hydrogens (primary N) is 1. The van der Waals surface area contributed by atoms with E-state index < -0.39 is 0 Å². The van der Waals surface area contributed by atoms with Gasteiger partial charge in [-0.1, -0.05) is 11.3 Å². The van der Waals surface area contributed by atoms with Gasteiger partial charge in [0, 0.05) is 12.4 Å². The van der Waals surface area contributed by atoms with Crippen molar-refractivity contribution in [3.05, 3.63) is 24.7 Å². The van der Waals surface area contributed by atoms with E-state index in [1.807, 2.05) is 0 Å². The summed E-state index contributed by atoms with van der Waals surface area (Å²) in [6, 6.07) is 1.78. The zero-order valence-electron chi connectivity index (χ0n) is 6.54. The Bertz CT molecular complexity index is 386. The number of hydrogen-bond acceptors (Lipinski definition) is 6. The third-order valence-electron chi connectivity index (χ3n) is 1.22. The van der Waals surface area contributed by atoms with Crippen molar-refractivity contribution < 1.29 is 0 Å². The van der Waals surface area contributed by atoms with Crippen LogP contribution in [0.25, 0.3) is 0 Å². The molecule has 2 N–H and O–H groups in total. The van der Waals surface area contributed by atoms with Crippen molar-refractivity contribution in [3.63, 3.8) is 0 Å². The van der Waals surface area contributed by atoms with Crippen LogP contribution in [0.2, 0.25) is 0 Å². The highest BCUT2D eigenvalue weighted by Gasteiger charge is 2.02. The molecule has 0 aliphatic heterocycles. The smallest absolute Gasteiger partial charge is 0.194 e. The molecule has 0 spiro atoms. The van der Waals surface area contributed by atoms with E-state index >= 15 is 0 Å². The minimum absolute atomic E-state index is 0.692. The number of anilines is 1. The first-order chi connectivity index (χ1) is 6.34. The van der Waals surface area contributed by atoms with Crippen molar-refractivity contribution in [2.24, 2.45) is 0 Å². The molecule has 0 bridgehead atoms. The highest BCUT2D eigenvalue weighted by molar-refractivity contribution is 8.00. The van der Waals surface area contributed by atoms with E-state index in [-0.39, 0.29) is 0 Å². The minimum Gasteiger partial charge on any atom is -0.389 e. The summed E-state index contributed by atoms with van der Waals surface area (Å²) in [5.74, 6) is 0. The van der Waals surface area contributed by atoms with Crippen LogP contribution in [-0.4, -0.2) is 15.0 Å². The third-order valence-corrected chi connectivity index (χ3v) is 3.02. The Morgan fingerprint density at radius 1 is 1.23 bits per heavy atom. The van der Waals surface area contributed by atoms with Crippen LogP contribution in [0, 0.1) is 0 Å². The summed E-state index contributed by atoms with van der Waals surface area (Å²) < 4.78 is 0.865. The highest BCUT2D eigenvalue weighted by atomic mass is 32.2. The lowest BCUT2D eigenvalue weighted by atomic mass is 10.7. The Balaban J connectivity index is 2.15. The lowest BCUT2D eigenvalue weighted by molar-refractivity contribution is 0.965. The summed E-state index contributed by atoms with van der Waals surface area (Å²) in [6.45, 7) is 0. The Kier molecular flexibility index (Phi) is 2.42. The molecular weight excluding hydrogens is 204 g/mol. The Hall–Kier alpha value is -1.14. The maximum absolute atomic E-state index is 5.53.